The van der Waals surface area contributed by atoms with Crippen molar-refractivity contribution in [3.8, 4) is 0 Å². The molecule has 0 aromatic heterocycles. The first-order chi connectivity index (χ1) is 22.6. The maximum atomic E-state index is 13.7. The number of nitrogens with two attached hydrogens (primary N) is 2. The minimum Gasteiger partial charge on any atom is -0.370 e. The summed E-state index contributed by atoms with van der Waals surface area (Å²) < 4.78 is 0. The van der Waals surface area contributed by atoms with E-state index in [9.17, 15) is 28.8 Å². The minimum atomic E-state index is -1.15. The van der Waals surface area contributed by atoms with Crippen molar-refractivity contribution in [1.82, 2.24) is 31.9 Å². The molecular formula is C30H47N9O6S2. The van der Waals surface area contributed by atoms with Gasteiger partial charge in [0, 0.05) is 18.7 Å². The van der Waals surface area contributed by atoms with Gasteiger partial charge in [0.1, 0.15) is 24.4 Å². The highest BCUT2D eigenvalue weighted by molar-refractivity contribution is 7.98. The quantitative estimate of drug-likeness (QED) is 0.0225. The highest BCUT2D eigenvalue weighted by Crippen LogP contribution is 2.08. The van der Waals surface area contributed by atoms with Gasteiger partial charge in [-0.25, -0.2) is 0 Å². The van der Waals surface area contributed by atoms with E-state index in [2.05, 4.69) is 49.5 Å². The van der Waals surface area contributed by atoms with Gasteiger partial charge in [-0.2, -0.15) is 24.4 Å². The summed E-state index contributed by atoms with van der Waals surface area (Å²) in [6, 6.07) is 4.50. The van der Waals surface area contributed by atoms with E-state index in [1.54, 1.807) is 24.3 Å². The molecule has 0 spiro atoms. The molecule has 260 valence electrons. The lowest BCUT2D eigenvalue weighted by Gasteiger charge is -2.26. The number of nitrogens with one attached hydrogen (secondary N) is 6. The summed E-state index contributed by atoms with van der Waals surface area (Å²) >= 11 is 5.73. The van der Waals surface area contributed by atoms with E-state index in [4.69, 9.17) is 11.5 Å². The Morgan fingerprint density at radius 1 is 1.00 bits per heavy atom. The van der Waals surface area contributed by atoms with Gasteiger partial charge in [0.2, 0.25) is 29.5 Å². The van der Waals surface area contributed by atoms with Crippen LogP contribution in [0.4, 0.5) is 0 Å². The van der Waals surface area contributed by atoms with Crippen LogP contribution in [0, 0.1) is 0 Å². The van der Waals surface area contributed by atoms with Gasteiger partial charge in [-0.05, 0) is 56.2 Å². The zero-order valence-electron chi connectivity index (χ0n) is 26.5. The lowest BCUT2D eigenvalue weighted by molar-refractivity contribution is -0.134. The van der Waals surface area contributed by atoms with E-state index in [1.807, 2.05) is 12.3 Å². The summed E-state index contributed by atoms with van der Waals surface area (Å²) in [5, 5.41) is 16.2. The summed E-state index contributed by atoms with van der Waals surface area (Å²) in [5.41, 5.74) is 11.5. The second-order valence-corrected chi connectivity index (χ2v) is 12.3. The van der Waals surface area contributed by atoms with Crippen molar-refractivity contribution >= 4 is 66.2 Å². The topological polar surface area (TPSA) is 239 Å². The summed E-state index contributed by atoms with van der Waals surface area (Å²) in [6.07, 6.45) is 5.04. The van der Waals surface area contributed by atoms with Crippen molar-refractivity contribution in [2.45, 2.75) is 68.7 Å². The molecule has 15 nitrogen and oxygen atoms in total. The fraction of sp³-hybridized carbons (Fsp3) is 0.567. The number of amides is 5. The first kappa shape index (κ1) is 39.3. The van der Waals surface area contributed by atoms with Crippen molar-refractivity contribution < 1.29 is 28.8 Å². The number of rotatable bonds is 21. The lowest BCUT2D eigenvalue weighted by Crippen LogP contribution is -2.58. The summed E-state index contributed by atoms with van der Waals surface area (Å²) in [5.74, 6) is -2.36. The van der Waals surface area contributed by atoms with Gasteiger partial charge in [-0.3, -0.25) is 29.0 Å². The molecule has 0 radical (unpaired) electrons. The van der Waals surface area contributed by atoms with Crippen LogP contribution in [0.1, 0.15) is 37.7 Å². The first-order valence-electron chi connectivity index (χ1n) is 15.4. The number of hydrogen-bond donors (Lipinski definition) is 9. The lowest BCUT2D eigenvalue weighted by atomic mass is 10.0. The molecule has 1 aromatic rings. The van der Waals surface area contributed by atoms with E-state index >= 15 is 0 Å². The van der Waals surface area contributed by atoms with Gasteiger partial charge in [-0.15, -0.1) is 0 Å². The molecule has 1 aliphatic heterocycles. The standard InChI is InChI=1S/C30H47N9O6S2/c1-47-14-11-20(17-40)36-27(43)22(10-6-13-34-30(31)32)38-28(44)23(15-19-7-3-2-4-8-19)39-29(45)24(18-46)37-25(41)16-35-26(42)21-9-5-12-33-21/h2-4,7-8,17,20-24,33,46H,5-6,9-16,18H2,1H3,(H,35,42)(H,36,43)(H,37,41)(H,38,44)(H,39,45)(H4,31,32,34)/t20-,21-,22-,23-,24-/m0/s1. The van der Waals surface area contributed by atoms with Gasteiger partial charge in [0.25, 0.3) is 0 Å². The first-order valence-corrected chi connectivity index (χ1v) is 17.5. The van der Waals surface area contributed by atoms with Crippen LogP contribution in [0.2, 0.25) is 0 Å². The third kappa shape index (κ3) is 15.1. The summed E-state index contributed by atoms with van der Waals surface area (Å²) in [4.78, 5) is 80.6. The Morgan fingerprint density at radius 2 is 1.68 bits per heavy atom. The minimum absolute atomic E-state index is 0.0725. The number of aliphatic imine (C=N–C) groups is 1. The van der Waals surface area contributed by atoms with Gasteiger partial charge in [-0.1, -0.05) is 30.3 Å². The third-order valence-corrected chi connectivity index (χ3v) is 8.26. The molecule has 10 N–H and O–H groups in total. The second kappa shape index (κ2) is 21.9. The van der Waals surface area contributed by atoms with Crippen LogP contribution in [0.3, 0.4) is 0 Å². The Labute approximate surface area is 284 Å². The molecule has 0 bridgehead atoms. The monoisotopic (exact) mass is 693 g/mol. The molecule has 17 heteroatoms. The molecule has 0 unspecified atom stereocenters. The summed E-state index contributed by atoms with van der Waals surface area (Å²) in [6.45, 7) is 0.597. The highest BCUT2D eigenvalue weighted by atomic mass is 32.2. The Balaban J connectivity index is 2.16. The van der Waals surface area contributed by atoms with E-state index < -0.39 is 47.8 Å². The van der Waals surface area contributed by atoms with Crippen LogP contribution in [0.25, 0.3) is 0 Å². The number of thioether (sulfide) groups is 1. The number of aldehydes is 1. The molecular weight excluding hydrogens is 647 g/mol. The molecule has 2 rings (SSSR count). The molecule has 1 saturated heterocycles. The van der Waals surface area contributed by atoms with Crippen LogP contribution in [0.5, 0.6) is 0 Å². The fourth-order valence-electron chi connectivity index (χ4n) is 4.72. The predicted octanol–water partition coefficient (Wildman–Crippen LogP) is -2.03. The average Bonchev–Trinajstić information content (AvgIpc) is 3.61. The maximum Gasteiger partial charge on any atom is 0.244 e. The Hall–Kier alpha value is -3.83. The molecule has 0 saturated carbocycles. The molecule has 5 amide bonds. The number of guanidine groups is 1. The number of hydrogen-bond acceptors (Lipinski definition) is 10. The number of carbonyl (C=O) groups is 6. The SMILES string of the molecule is CSCC[C@@H](C=O)NC(=O)[C@H](CCCN=C(N)N)NC(=O)[C@H](Cc1ccccc1)NC(=O)[C@H](CS)NC(=O)CNC(=O)[C@@H]1CCCN1. The van der Waals surface area contributed by atoms with Crippen molar-refractivity contribution in [3.05, 3.63) is 35.9 Å². The second-order valence-electron chi connectivity index (χ2n) is 11.0. The van der Waals surface area contributed by atoms with Crippen LogP contribution in [-0.4, -0.2) is 109 Å². The molecule has 47 heavy (non-hydrogen) atoms. The molecule has 5 atom stereocenters. The van der Waals surface area contributed by atoms with E-state index in [1.165, 1.54) is 11.8 Å². The highest BCUT2D eigenvalue weighted by Gasteiger charge is 2.30. The van der Waals surface area contributed by atoms with E-state index in [0.29, 0.717) is 31.3 Å². The van der Waals surface area contributed by atoms with E-state index in [0.717, 1.165) is 18.5 Å². The predicted molar refractivity (Wildman–Crippen MR) is 185 cm³/mol. The van der Waals surface area contributed by atoms with Crippen molar-refractivity contribution in [1.29, 1.82) is 0 Å². The van der Waals surface area contributed by atoms with Crippen molar-refractivity contribution in [2.24, 2.45) is 16.5 Å². The zero-order valence-corrected chi connectivity index (χ0v) is 28.2. The molecule has 0 aliphatic carbocycles. The number of nitrogens with zero attached hydrogens (tertiary/aromatic N) is 1. The van der Waals surface area contributed by atoms with Crippen molar-refractivity contribution in [2.75, 3.05) is 37.4 Å². The van der Waals surface area contributed by atoms with Gasteiger partial charge >= 0.3 is 0 Å². The zero-order chi connectivity index (χ0) is 34.6. The molecule has 1 aromatic carbocycles. The molecule has 1 heterocycles. The third-order valence-electron chi connectivity index (χ3n) is 7.25. The summed E-state index contributed by atoms with van der Waals surface area (Å²) in [7, 11) is 0. The van der Waals surface area contributed by atoms with Gasteiger partial charge < -0.3 is 48.2 Å². The molecule has 1 fully saturated rings. The van der Waals surface area contributed by atoms with E-state index in [-0.39, 0.29) is 49.6 Å². The van der Waals surface area contributed by atoms with Crippen LogP contribution in [0.15, 0.2) is 35.3 Å². The van der Waals surface area contributed by atoms with Crippen molar-refractivity contribution in [3.63, 3.8) is 0 Å². The van der Waals surface area contributed by atoms with Crippen LogP contribution >= 0.6 is 24.4 Å². The number of thiol groups is 1. The fourth-order valence-corrected chi connectivity index (χ4v) is 5.46. The molecule has 1 aliphatic rings. The maximum absolute atomic E-state index is 13.7. The van der Waals surface area contributed by atoms with Crippen LogP contribution < -0.4 is 43.4 Å². The van der Waals surface area contributed by atoms with Gasteiger partial charge in [0.05, 0.1) is 18.6 Å². The smallest absolute Gasteiger partial charge is 0.244 e. The van der Waals surface area contributed by atoms with Crippen LogP contribution in [-0.2, 0) is 35.2 Å². The number of benzene rings is 1. The van der Waals surface area contributed by atoms with Gasteiger partial charge in [0.15, 0.2) is 5.96 Å². The average molecular weight is 694 g/mol. The normalized spacial score (nSPS) is 16.4. The Kier molecular flexibility index (Phi) is 18.3. The largest absolute Gasteiger partial charge is 0.370 e. The Bertz CT molecular complexity index is 1210. The number of carbonyl (C=O) groups excluding carboxylic acids is 6. The Morgan fingerprint density at radius 3 is 2.30 bits per heavy atom.